The summed E-state index contributed by atoms with van der Waals surface area (Å²) < 4.78 is 47.1. The molecule has 0 spiro atoms. The van der Waals surface area contributed by atoms with Crippen molar-refractivity contribution in [2.75, 3.05) is 6.61 Å². The van der Waals surface area contributed by atoms with E-state index < -0.39 is 40.9 Å². The van der Waals surface area contributed by atoms with Crippen LogP contribution < -0.4 is 20.3 Å². The maximum Gasteiger partial charge on any atom is 0.573 e. The lowest BCUT2D eigenvalue weighted by molar-refractivity contribution is -0.274. The number of aromatic nitrogens is 1. The second kappa shape index (κ2) is 9.17. The number of nitrogens with one attached hydrogen (secondary N) is 2. The molecule has 0 saturated carbocycles. The molecule has 3 aromatic rings. The van der Waals surface area contributed by atoms with Crippen molar-refractivity contribution in [3.05, 3.63) is 62.4 Å². The van der Waals surface area contributed by atoms with Crippen molar-refractivity contribution in [2.45, 2.75) is 19.3 Å². The van der Waals surface area contributed by atoms with E-state index in [1.807, 2.05) is 0 Å². The van der Waals surface area contributed by atoms with E-state index in [4.69, 9.17) is 27.9 Å². The highest BCUT2D eigenvalue weighted by molar-refractivity contribution is 6.37. The number of aromatic hydroxyl groups is 1. The van der Waals surface area contributed by atoms with Crippen LogP contribution in [0.2, 0.25) is 10.0 Å². The Hall–Kier alpha value is -3.11. The first-order valence-electron chi connectivity index (χ1n) is 8.98. The normalized spacial score (nSPS) is 12.4. The number of carbonyl (C=O) groups excluding carboxylic acids is 1. The summed E-state index contributed by atoms with van der Waals surface area (Å²) in [6.45, 7) is 1.48. The summed E-state index contributed by atoms with van der Waals surface area (Å²) in [7, 11) is 0. The highest BCUT2D eigenvalue weighted by atomic mass is 35.5. The average Bonchev–Trinajstić information content (AvgIpc) is 2.67. The predicted molar refractivity (Wildman–Crippen MR) is 112 cm³/mol. The van der Waals surface area contributed by atoms with Crippen molar-refractivity contribution in [1.82, 2.24) is 10.3 Å². The molecule has 1 heterocycles. The molecule has 1 unspecified atom stereocenters. The van der Waals surface area contributed by atoms with E-state index in [0.717, 1.165) is 18.2 Å². The van der Waals surface area contributed by atoms with Crippen LogP contribution in [0.15, 0.2) is 41.2 Å². The van der Waals surface area contributed by atoms with E-state index in [9.17, 15) is 27.9 Å². The highest BCUT2D eigenvalue weighted by Crippen LogP contribution is 2.32. The summed E-state index contributed by atoms with van der Waals surface area (Å²) in [6.07, 6.45) is -4.97. The van der Waals surface area contributed by atoms with Gasteiger partial charge in [0.2, 0.25) is 0 Å². The van der Waals surface area contributed by atoms with Gasteiger partial charge in [-0.1, -0.05) is 29.3 Å². The first-order valence-corrected chi connectivity index (χ1v) is 9.74. The molecule has 0 aliphatic carbocycles. The molecule has 1 atom stereocenters. The zero-order valence-electron chi connectivity index (χ0n) is 16.2. The lowest BCUT2D eigenvalue weighted by Gasteiger charge is -2.17. The van der Waals surface area contributed by atoms with Gasteiger partial charge in [0.05, 0.1) is 21.7 Å². The van der Waals surface area contributed by atoms with Crippen LogP contribution in [0.1, 0.15) is 17.3 Å². The Balaban J connectivity index is 1.86. The number of aromatic amines is 1. The number of hydrogen-bond acceptors (Lipinski definition) is 5. The van der Waals surface area contributed by atoms with Crippen LogP contribution in [0.5, 0.6) is 17.2 Å². The van der Waals surface area contributed by atoms with Gasteiger partial charge in [0, 0.05) is 10.9 Å². The highest BCUT2D eigenvalue weighted by Gasteiger charge is 2.31. The minimum atomic E-state index is -4.97. The van der Waals surface area contributed by atoms with Gasteiger partial charge < -0.3 is 24.9 Å². The summed E-state index contributed by atoms with van der Waals surface area (Å²) in [5.41, 5.74) is -1.47. The molecule has 7 nitrogen and oxygen atoms in total. The van der Waals surface area contributed by atoms with Gasteiger partial charge in [-0.25, -0.2) is 0 Å². The van der Waals surface area contributed by atoms with Gasteiger partial charge in [0.15, 0.2) is 11.5 Å². The van der Waals surface area contributed by atoms with Gasteiger partial charge >= 0.3 is 6.36 Å². The number of alkyl halides is 3. The third-order valence-corrected chi connectivity index (χ3v) is 4.79. The van der Waals surface area contributed by atoms with Crippen LogP contribution in [-0.2, 0) is 0 Å². The number of carbonyl (C=O) groups is 1. The third kappa shape index (κ3) is 5.38. The summed E-state index contributed by atoms with van der Waals surface area (Å²) in [5, 5.41) is 13.0. The minimum absolute atomic E-state index is 0.0271. The number of halogens is 5. The van der Waals surface area contributed by atoms with Crippen LogP contribution in [0.3, 0.4) is 0 Å². The van der Waals surface area contributed by atoms with Crippen molar-refractivity contribution >= 4 is 40.0 Å². The van der Waals surface area contributed by atoms with E-state index in [-0.39, 0.29) is 33.3 Å². The molecule has 2 aromatic carbocycles. The Bertz CT molecular complexity index is 1210. The van der Waals surface area contributed by atoms with Crippen LogP contribution in [-0.4, -0.2) is 35.0 Å². The molecule has 0 saturated heterocycles. The Morgan fingerprint density at radius 3 is 2.50 bits per heavy atom. The first-order chi connectivity index (χ1) is 15.0. The van der Waals surface area contributed by atoms with Gasteiger partial charge in [0.1, 0.15) is 12.4 Å². The fourth-order valence-corrected chi connectivity index (χ4v) is 3.36. The number of ether oxygens (including phenoxy) is 2. The summed E-state index contributed by atoms with van der Waals surface area (Å²) >= 11 is 12.0. The Morgan fingerprint density at radius 2 is 1.88 bits per heavy atom. The zero-order chi connectivity index (χ0) is 23.6. The molecule has 0 aliphatic heterocycles. The number of benzene rings is 2. The molecular weight excluding hydrogens is 476 g/mol. The van der Waals surface area contributed by atoms with Gasteiger partial charge in [-0.2, -0.15) is 0 Å². The number of hydrogen-bond donors (Lipinski definition) is 3. The largest absolute Gasteiger partial charge is 0.573 e. The van der Waals surface area contributed by atoms with Crippen LogP contribution in [0.4, 0.5) is 13.2 Å². The standard InChI is InChI=1S/C20H15Cl2F3N2O5/c1-9(8-31-17-12(21)3-2-4-13(17)22)26-18(29)15-11-7-10(32-20(23,24)25)5-6-14(11)27-19(30)16(15)28/h2-7,9,28H,8H2,1H3,(H,26,29)(H,27,30). The maximum atomic E-state index is 12.8. The number of H-pyrrole nitrogens is 1. The van der Waals surface area contributed by atoms with Crippen molar-refractivity contribution in [3.8, 4) is 17.2 Å². The van der Waals surface area contributed by atoms with Crippen molar-refractivity contribution < 1.29 is 32.5 Å². The van der Waals surface area contributed by atoms with E-state index in [0.29, 0.717) is 0 Å². The Kier molecular flexibility index (Phi) is 6.75. The zero-order valence-corrected chi connectivity index (χ0v) is 17.7. The maximum absolute atomic E-state index is 12.8. The number of rotatable bonds is 6. The van der Waals surface area contributed by atoms with E-state index in [2.05, 4.69) is 15.0 Å². The molecular formula is C20H15Cl2F3N2O5. The van der Waals surface area contributed by atoms with Crippen molar-refractivity contribution in [1.29, 1.82) is 0 Å². The Labute approximate surface area is 188 Å². The summed E-state index contributed by atoms with van der Waals surface area (Å²) in [4.78, 5) is 27.1. The fraction of sp³-hybridized carbons (Fsp3) is 0.200. The number of pyridine rings is 1. The minimum Gasteiger partial charge on any atom is -0.502 e. The summed E-state index contributed by atoms with van der Waals surface area (Å²) in [5.74, 6) is -2.30. The molecule has 170 valence electrons. The molecule has 3 N–H and O–H groups in total. The van der Waals surface area contributed by atoms with Crippen LogP contribution >= 0.6 is 23.2 Å². The molecule has 3 rings (SSSR count). The molecule has 0 aliphatic rings. The molecule has 1 amide bonds. The van der Waals surface area contributed by atoms with Gasteiger partial charge in [-0.05, 0) is 37.3 Å². The molecule has 32 heavy (non-hydrogen) atoms. The van der Waals surface area contributed by atoms with E-state index in [1.54, 1.807) is 25.1 Å². The van der Waals surface area contributed by atoms with Crippen LogP contribution in [0, 0.1) is 0 Å². The van der Waals surface area contributed by atoms with E-state index in [1.165, 1.54) is 0 Å². The molecule has 12 heteroatoms. The molecule has 1 aromatic heterocycles. The van der Waals surface area contributed by atoms with Gasteiger partial charge in [-0.3, -0.25) is 9.59 Å². The predicted octanol–water partition coefficient (Wildman–Crippen LogP) is 4.64. The molecule has 0 fully saturated rings. The fourth-order valence-electron chi connectivity index (χ4n) is 2.86. The molecule has 0 bridgehead atoms. The third-order valence-electron chi connectivity index (χ3n) is 4.20. The topological polar surface area (TPSA) is 101 Å². The smallest absolute Gasteiger partial charge is 0.502 e. The Morgan fingerprint density at radius 1 is 1.22 bits per heavy atom. The number of para-hydroxylation sites is 1. The van der Waals surface area contributed by atoms with E-state index >= 15 is 0 Å². The lowest BCUT2D eigenvalue weighted by atomic mass is 10.1. The van der Waals surface area contributed by atoms with Crippen molar-refractivity contribution in [3.63, 3.8) is 0 Å². The number of amides is 1. The molecule has 0 radical (unpaired) electrons. The number of fused-ring (bicyclic) bond motifs is 1. The second-order valence-corrected chi connectivity index (χ2v) is 7.48. The second-order valence-electron chi connectivity index (χ2n) is 6.67. The quantitative estimate of drug-likeness (QED) is 0.467. The SMILES string of the molecule is CC(COc1c(Cl)cccc1Cl)NC(=O)c1c(O)c(=O)[nH]c2ccc(OC(F)(F)F)cc12. The monoisotopic (exact) mass is 490 g/mol. The van der Waals surface area contributed by atoms with Gasteiger partial charge in [-0.15, -0.1) is 13.2 Å². The first kappa shape index (κ1) is 23.6. The van der Waals surface area contributed by atoms with Crippen LogP contribution in [0.25, 0.3) is 10.9 Å². The van der Waals surface area contributed by atoms with Crippen molar-refractivity contribution in [2.24, 2.45) is 0 Å². The van der Waals surface area contributed by atoms with Gasteiger partial charge in [0.25, 0.3) is 11.5 Å². The summed E-state index contributed by atoms with van der Waals surface area (Å²) in [6, 6.07) is 7.06. The lowest BCUT2D eigenvalue weighted by Crippen LogP contribution is -2.37. The average molecular weight is 491 g/mol.